The van der Waals surface area contributed by atoms with Crippen LogP contribution in [0.3, 0.4) is 0 Å². The fourth-order valence-electron chi connectivity index (χ4n) is 1.71. The van der Waals surface area contributed by atoms with Crippen LogP contribution in [0.5, 0.6) is 0 Å². The van der Waals surface area contributed by atoms with E-state index in [-0.39, 0.29) is 17.3 Å². The van der Waals surface area contributed by atoms with Gasteiger partial charge in [0.2, 0.25) is 0 Å². The predicted octanol–water partition coefficient (Wildman–Crippen LogP) is 1.22. The van der Waals surface area contributed by atoms with Crippen molar-refractivity contribution in [3.8, 4) is 0 Å². The van der Waals surface area contributed by atoms with Gasteiger partial charge in [0, 0.05) is 5.41 Å². The van der Waals surface area contributed by atoms with E-state index in [0.29, 0.717) is 13.2 Å². The van der Waals surface area contributed by atoms with Gasteiger partial charge in [-0.15, -0.1) is 0 Å². The Morgan fingerprint density at radius 1 is 1.67 bits per heavy atom. The maximum Gasteiger partial charge on any atom is 0.309 e. The third-order valence-corrected chi connectivity index (χ3v) is 2.60. The quantitative estimate of drug-likeness (QED) is 0.600. The molecule has 70 valence electrons. The molecule has 1 atom stereocenters. The van der Waals surface area contributed by atoms with Gasteiger partial charge in [0.05, 0.1) is 26.2 Å². The van der Waals surface area contributed by atoms with Crippen molar-refractivity contribution in [2.24, 2.45) is 11.3 Å². The van der Waals surface area contributed by atoms with Crippen LogP contribution >= 0.6 is 0 Å². The van der Waals surface area contributed by atoms with Crippen molar-refractivity contribution in [3.05, 3.63) is 0 Å². The third-order valence-electron chi connectivity index (χ3n) is 2.60. The zero-order chi connectivity index (χ0) is 9.19. The Kier molecular flexibility index (Phi) is 2.73. The van der Waals surface area contributed by atoms with Crippen molar-refractivity contribution < 1.29 is 14.3 Å². The van der Waals surface area contributed by atoms with E-state index in [1.807, 2.05) is 6.92 Å². The highest BCUT2D eigenvalue weighted by Gasteiger charge is 2.44. The van der Waals surface area contributed by atoms with Crippen LogP contribution in [0.15, 0.2) is 0 Å². The summed E-state index contributed by atoms with van der Waals surface area (Å²) < 4.78 is 9.84. The summed E-state index contributed by atoms with van der Waals surface area (Å²) in [5.74, 6) is -0.112. The van der Waals surface area contributed by atoms with Gasteiger partial charge >= 0.3 is 5.97 Å². The van der Waals surface area contributed by atoms with Crippen LogP contribution in [0.1, 0.15) is 20.3 Å². The molecule has 1 fully saturated rings. The first-order valence-electron chi connectivity index (χ1n) is 4.29. The van der Waals surface area contributed by atoms with Gasteiger partial charge in [-0.25, -0.2) is 0 Å². The van der Waals surface area contributed by atoms with Gasteiger partial charge in [-0.05, 0) is 6.42 Å². The molecule has 0 aromatic rings. The normalized spacial score (nSPS) is 22.6. The Bertz CT molecular complexity index is 173. The van der Waals surface area contributed by atoms with Gasteiger partial charge in [0.25, 0.3) is 0 Å². The SMILES string of the molecule is CCC(C(=O)OC)C1(C)COC1. The van der Waals surface area contributed by atoms with Crippen LogP contribution < -0.4 is 0 Å². The first-order valence-corrected chi connectivity index (χ1v) is 4.29. The molecule has 0 aliphatic carbocycles. The maximum absolute atomic E-state index is 11.3. The topological polar surface area (TPSA) is 35.5 Å². The van der Waals surface area contributed by atoms with Gasteiger partial charge in [-0.2, -0.15) is 0 Å². The molecule has 1 unspecified atom stereocenters. The van der Waals surface area contributed by atoms with Crippen molar-refractivity contribution >= 4 is 5.97 Å². The van der Waals surface area contributed by atoms with E-state index in [1.165, 1.54) is 7.11 Å². The molecule has 0 saturated carbocycles. The van der Waals surface area contributed by atoms with Crippen molar-refractivity contribution in [3.63, 3.8) is 0 Å². The fourth-order valence-corrected chi connectivity index (χ4v) is 1.71. The zero-order valence-corrected chi connectivity index (χ0v) is 7.92. The Labute approximate surface area is 73.0 Å². The molecule has 0 radical (unpaired) electrons. The Morgan fingerprint density at radius 3 is 2.50 bits per heavy atom. The van der Waals surface area contributed by atoms with Crippen LogP contribution in [0.2, 0.25) is 0 Å². The molecular weight excluding hydrogens is 156 g/mol. The lowest BCUT2D eigenvalue weighted by molar-refractivity contribution is -0.173. The van der Waals surface area contributed by atoms with E-state index >= 15 is 0 Å². The van der Waals surface area contributed by atoms with Crippen molar-refractivity contribution in [1.29, 1.82) is 0 Å². The summed E-state index contributed by atoms with van der Waals surface area (Å²) in [6.45, 7) is 5.44. The number of rotatable bonds is 3. The van der Waals surface area contributed by atoms with E-state index in [0.717, 1.165) is 6.42 Å². The van der Waals surface area contributed by atoms with Gasteiger partial charge < -0.3 is 9.47 Å². The average molecular weight is 172 g/mol. The first kappa shape index (κ1) is 9.52. The Morgan fingerprint density at radius 2 is 2.25 bits per heavy atom. The smallest absolute Gasteiger partial charge is 0.309 e. The number of ether oxygens (including phenoxy) is 2. The van der Waals surface area contributed by atoms with Gasteiger partial charge in [-0.1, -0.05) is 13.8 Å². The lowest BCUT2D eigenvalue weighted by atomic mass is 9.74. The van der Waals surface area contributed by atoms with E-state index < -0.39 is 0 Å². The highest BCUT2D eigenvalue weighted by Crippen LogP contribution is 2.37. The van der Waals surface area contributed by atoms with Crippen LogP contribution in [-0.4, -0.2) is 26.3 Å². The first-order chi connectivity index (χ1) is 5.64. The molecule has 1 aliphatic heterocycles. The van der Waals surface area contributed by atoms with Gasteiger partial charge in [-0.3, -0.25) is 4.79 Å². The molecule has 0 spiro atoms. The second-order valence-electron chi connectivity index (χ2n) is 3.63. The molecule has 12 heavy (non-hydrogen) atoms. The summed E-state index contributed by atoms with van der Waals surface area (Å²) in [5.41, 5.74) is 0.0157. The van der Waals surface area contributed by atoms with E-state index in [9.17, 15) is 4.79 Å². The zero-order valence-electron chi connectivity index (χ0n) is 7.92. The standard InChI is InChI=1S/C9H16O3/c1-4-7(8(10)11-3)9(2)5-12-6-9/h7H,4-6H2,1-3H3. The minimum Gasteiger partial charge on any atom is -0.469 e. The summed E-state index contributed by atoms with van der Waals surface area (Å²) in [5, 5.41) is 0. The third kappa shape index (κ3) is 1.46. The number of methoxy groups -OCH3 is 1. The molecule has 1 heterocycles. The Hall–Kier alpha value is -0.570. The van der Waals surface area contributed by atoms with E-state index in [1.54, 1.807) is 0 Å². The van der Waals surface area contributed by atoms with E-state index in [4.69, 9.17) is 9.47 Å². The molecule has 0 aromatic carbocycles. The molecule has 0 N–H and O–H groups in total. The van der Waals surface area contributed by atoms with Crippen LogP contribution in [-0.2, 0) is 14.3 Å². The number of hydrogen-bond donors (Lipinski definition) is 0. The number of hydrogen-bond acceptors (Lipinski definition) is 3. The molecule has 3 nitrogen and oxygen atoms in total. The van der Waals surface area contributed by atoms with Crippen LogP contribution in [0, 0.1) is 11.3 Å². The number of carbonyl (C=O) groups is 1. The average Bonchev–Trinajstić information content (AvgIpc) is 2.02. The summed E-state index contributed by atoms with van der Waals surface area (Å²) in [6.07, 6.45) is 0.826. The van der Waals surface area contributed by atoms with Crippen LogP contribution in [0.4, 0.5) is 0 Å². The highest BCUT2D eigenvalue weighted by molar-refractivity contribution is 5.73. The van der Waals surface area contributed by atoms with Gasteiger partial charge in [0.1, 0.15) is 0 Å². The fraction of sp³-hybridized carbons (Fsp3) is 0.889. The maximum atomic E-state index is 11.3. The Balaban J connectivity index is 2.60. The second kappa shape index (κ2) is 3.44. The predicted molar refractivity (Wildman–Crippen MR) is 44.7 cm³/mol. The summed E-state index contributed by atoms with van der Waals surface area (Å²) in [4.78, 5) is 11.3. The molecule has 0 bridgehead atoms. The summed E-state index contributed by atoms with van der Waals surface area (Å²) in [6, 6.07) is 0. The molecule has 1 saturated heterocycles. The molecule has 0 amide bonds. The lowest BCUT2D eigenvalue weighted by Gasteiger charge is -2.42. The number of carbonyl (C=O) groups excluding carboxylic acids is 1. The van der Waals surface area contributed by atoms with Crippen molar-refractivity contribution in [1.82, 2.24) is 0 Å². The number of esters is 1. The molecule has 3 heteroatoms. The molecule has 1 rings (SSSR count). The second-order valence-corrected chi connectivity index (χ2v) is 3.63. The summed E-state index contributed by atoms with van der Waals surface area (Å²) >= 11 is 0. The van der Waals surface area contributed by atoms with Crippen LogP contribution in [0.25, 0.3) is 0 Å². The van der Waals surface area contributed by atoms with Gasteiger partial charge in [0.15, 0.2) is 0 Å². The minimum absolute atomic E-state index is 0.00347. The van der Waals surface area contributed by atoms with E-state index in [2.05, 4.69) is 6.92 Å². The monoisotopic (exact) mass is 172 g/mol. The van der Waals surface area contributed by atoms with Crippen molar-refractivity contribution in [2.75, 3.05) is 20.3 Å². The molecular formula is C9H16O3. The lowest BCUT2D eigenvalue weighted by Crippen LogP contribution is -2.48. The highest BCUT2D eigenvalue weighted by atomic mass is 16.5. The summed E-state index contributed by atoms with van der Waals surface area (Å²) in [7, 11) is 1.44. The molecule has 0 aromatic heterocycles. The minimum atomic E-state index is -0.108. The largest absolute Gasteiger partial charge is 0.469 e. The molecule has 1 aliphatic rings. The van der Waals surface area contributed by atoms with Crippen molar-refractivity contribution in [2.45, 2.75) is 20.3 Å².